The zero-order valence-corrected chi connectivity index (χ0v) is 14.8. The number of hydrogen-bond donors (Lipinski definition) is 2. The van der Waals surface area contributed by atoms with E-state index in [1.165, 1.54) is 37.1 Å². The number of methoxy groups -OCH3 is 1. The third kappa shape index (κ3) is 6.07. The van der Waals surface area contributed by atoms with E-state index < -0.39 is 18.8 Å². The first-order chi connectivity index (χ1) is 12.3. The van der Waals surface area contributed by atoms with Crippen LogP contribution < -0.4 is 20.1 Å². The van der Waals surface area contributed by atoms with Gasteiger partial charge in [0.15, 0.2) is 18.1 Å². The van der Waals surface area contributed by atoms with Gasteiger partial charge >= 0.3 is 12.2 Å². The number of thioether (sulfide) groups is 1. The van der Waals surface area contributed by atoms with E-state index >= 15 is 0 Å². The van der Waals surface area contributed by atoms with Crippen LogP contribution in [0.15, 0.2) is 47.4 Å². The number of amides is 2. The van der Waals surface area contributed by atoms with Gasteiger partial charge in [-0.25, -0.2) is 4.79 Å². The molecule has 5 nitrogen and oxygen atoms in total. The summed E-state index contributed by atoms with van der Waals surface area (Å²) >= 11 is 1.53. The van der Waals surface area contributed by atoms with Crippen LogP contribution in [0.3, 0.4) is 0 Å². The lowest BCUT2D eigenvalue weighted by Gasteiger charge is -2.14. The highest BCUT2D eigenvalue weighted by molar-refractivity contribution is 7.98. The minimum absolute atomic E-state index is 0.119. The lowest BCUT2D eigenvalue weighted by molar-refractivity contribution is -0.153. The zero-order valence-electron chi connectivity index (χ0n) is 14.0. The van der Waals surface area contributed by atoms with Crippen molar-refractivity contribution in [3.63, 3.8) is 0 Å². The third-order valence-electron chi connectivity index (χ3n) is 3.14. The summed E-state index contributed by atoms with van der Waals surface area (Å²) in [7, 11) is 1.31. The number of carbonyl (C=O) groups is 1. The highest BCUT2D eigenvalue weighted by atomic mass is 32.2. The van der Waals surface area contributed by atoms with E-state index in [-0.39, 0.29) is 17.2 Å². The van der Waals surface area contributed by atoms with E-state index in [1.54, 1.807) is 18.2 Å². The van der Waals surface area contributed by atoms with Crippen molar-refractivity contribution >= 4 is 29.2 Å². The standard InChI is InChI=1S/C17H17F3N2O3S/c1-24-14-7-6-12(9-15(14)25-10-17(18,19)20)22-16(23)21-11-4-3-5-13(8-11)26-2/h3-9H,10H2,1-2H3,(H2,21,22,23). The van der Waals surface area contributed by atoms with Crippen LogP contribution in [0, 0.1) is 0 Å². The lowest BCUT2D eigenvalue weighted by Crippen LogP contribution is -2.20. The Kier molecular flexibility index (Phi) is 6.62. The monoisotopic (exact) mass is 386 g/mol. The molecule has 0 saturated carbocycles. The van der Waals surface area contributed by atoms with Gasteiger partial charge in [-0.2, -0.15) is 13.2 Å². The summed E-state index contributed by atoms with van der Waals surface area (Å²) in [4.78, 5) is 13.1. The number of alkyl halides is 3. The van der Waals surface area contributed by atoms with E-state index in [9.17, 15) is 18.0 Å². The van der Waals surface area contributed by atoms with Gasteiger partial charge in [-0.3, -0.25) is 0 Å². The molecule has 0 unspecified atom stereocenters. The molecule has 2 rings (SSSR count). The first kappa shape index (κ1) is 19.8. The molecular formula is C17H17F3N2O3S. The highest BCUT2D eigenvalue weighted by Crippen LogP contribution is 2.31. The van der Waals surface area contributed by atoms with Crippen molar-refractivity contribution in [1.29, 1.82) is 0 Å². The van der Waals surface area contributed by atoms with Crippen LogP contribution in [-0.2, 0) is 0 Å². The maximum Gasteiger partial charge on any atom is 0.422 e. The van der Waals surface area contributed by atoms with Crippen molar-refractivity contribution in [2.24, 2.45) is 0 Å². The minimum Gasteiger partial charge on any atom is -0.493 e. The first-order valence-corrected chi connectivity index (χ1v) is 8.63. The van der Waals surface area contributed by atoms with E-state index in [0.717, 1.165) is 4.90 Å². The van der Waals surface area contributed by atoms with Crippen molar-refractivity contribution in [2.75, 3.05) is 30.6 Å². The number of ether oxygens (including phenoxy) is 2. The fourth-order valence-corrected chi connectivity index (χ4v) is 2.48. The predicted octanol–water partition coefficient (Wildman–Crippen LogP) is 5.00. The Morgan fingerprint density at radius 1 is 1.08 bits per heavy atom. The summed E-state index contributed by atoms with van der Waals surface area (Å²) in [5.74, 6) is 0.0138. The SMILES string of the molecule is COc1ccc(NC(=O)Nc2cccc(SC)c2)cc1OCC(F)(F)F. The van der Waals surface area contributed by atoms with Crippen LogP contribution >= 0.6 is 11.8 Å². The largest absolute Gasteiger partial charge is 0.493 e. The molecule has 140 valence electrons. The van der Waals surface area contributed by atoms with Gasteiger partial charge in [0.05, 0.1) is 7.11 Å². The van der Waals surface area contributed by atoms with E-state index in [0.29, 0.717) is 5.69 Å². The molecule has 0 spiro atoms. The Balaban J connectivity index is 2.06. The maximum atomic E-state index is 12.3. The molecule has 2 amide bonds. The number of halogens is 3. The Morgan fingerprint density at radius 3 is 2.38 bits per heavy atom. The number of carbonyl (C=O) groups excluding carboxylic acids is 1. The number of nitrogens with one attached hydrogen (secondary N) is 2. The van der Waals surface area contributed by atoms with Crippen molar-refractivity contribution in [1.82, 2.24) is 0 Å². The van der Waals surface area contributed by atoms with Crippen LogP contribution in [0.25, 0.3) is 0 Å². The van der Waals surface area contributed by atoms with Gasteiger partial charge in [-0.15, -0.1) is 11.8 Å². The van der Waals surface area contributed by atoms with Gasteiger partial charge in [0.1, 0.15) is 0 Å². The van der Waals surface area contributed by atoms with Gasteiger partial charge in [-0.1, -0.05) is 6.07 Å². The molecule has 9 heteroatoms. The van der Waals surface area contributed by atoms with Crippen molar-refractivity contribution in [3.05, 3.63) is 42.5 Å². The van der Waals surface area contributed by atoms with E-state index in [4.69, 9.17) is 9.47 Å². The fourth-order valence-electron chi connectivity index (χ4n) is 2.02. The van der Waals surface area contributed by atoms with Gasteiger partial charge in [-0.05, 0) is 36.6 Å². The predicted molar refractivity (Wildman–Crippen MR) is 95.4 cm³/mol. The highest BCUT2D eigenvalue weighted by Gasteiger charge is 2.29. The Labute approximate surface area is 152 Å². The second kappa shape index (κ2) is 8.70. The van der Waals surface area contributed by atoms with Crippen LogP contribution in [0.4, 0.5) is 29.3 Å². The molecule has 0 heterocycles. The molecule has 0 bridgehead atoms. The molecular weight excluding hydrogens is 369 g/mol. The molecule has 2 aromatic rings. The number of benzene rings is 2. The van der Waals surface area contributed by atoms with Gasteiger partial charge < -0.3 is 20.1 Å². The zero-order chi connectivity index (χ0) is 19.2. The number of hydrogen-bond acceptors (Lipinski definition) is 4. The topological polar surface area (TPSA) is 59.6 Å². The van der Waals surface area contributed by atoms with E-state index in [1.807, 2.05) is 12.3 Å². The summed E-state index contributed by atoms with van der Waals surface area (Å²) in [5, 5.41) is 5.20. The lowest BCUT2D eigenvalue weighted by atomic mass is 10.2. The van der Waals surface area contributed by atoms with Crippen LogP contribution in [0.2, 0.25) is 0 Å². The molecule has 0 saturated heterocycles. The molecule has 0 aliphatic carbocycles. The van der Waals surface area contributed by atoms with Crippen LogP contribution in [0.1, 0.15) is 0 Å². The number of rotatable bonds is 6. The molecule has 0 fully saturated rings. The fraction of sp³-hybridized carbons (Fsp3) is 0.235. The van der Waals surface area contributed by atoms with Crippen LogP contribution in [0.5, 0.6) is 11.5 Å². The minimum atomic E-state index is -4.48. The molecule has 26 heavy (non-hydrogen) atoms. The molecule has 0 aliphatic rings. The van der Waals surface area contributed by atoms with Gasteiger partial charge in [0.25, 0.3) is 0 Å². The average molecular weight is 386 g/mol. The normalized spacial score (nSPS) is 11.0. The summed E-state index contributed by atoms with van der Waals surface area (Å²) in [6.45, 7) is -1.46. The molecule has 0 atom stereocenters. The van der Waals surface area contributed by atoms with Gasteiger partial charge in [0.2, 0.25) is 0 Å². The van der Waals surface area contributed by atoms with Crippen LogP contribution in [-0.4, -0.2) is 32.2 Å². The Bertz CT molecular complexity index is 769. The van der Waals surface area contributed by atoms with Gasteiger partial charge in [0, 0.05) is 22.3 Å². The number of urea groups is 1. The number of anilines is 2. The van der Waals surface area contributed by atoms with E-state index in [2.05, 4.69) is 10.6 Å². The first-order valence-electron chi connectivity index (χ1n) is 7.40. The molecule has 0 aromatic heterocycles. The molecule has 2 N–H and O–H groups in total. The van der Waals surface area contributed by atoms with Crippen molar-refractivity contribution < 1.29 is 27.4 Å². The second-order valence-electron chi connectivity index (χ2n) is 5.08. The molecule has 0 radical (unpaired) electrons. The van der Waals surface area contributed by atoms with Crippen molar-refractivity contribution in [3.8, 4) is 11.5 Å². The Hall–Kier alpha value is -2.55. The Morgan fingerprint density at radius 2 is 1.77 bits per heavy atom. The second-order valence-corrected chi connectivity index (χ2v) is 5.96. The molecule has 2 aromatic carbocycles. The average Bonchev–Trinajstić information content (AvgIpc) is 2.59. The smallest absolute Gasteiger partial charge is 0.422 e. The summed E-state index contributed by atoms with van der Waals surface area (Å²) in [6, 6.07) is 10.9. The molecule has 0 aliphatic heterocycles. The third-order valence-corrected chi connectivity index (χ3v) is 3.87. The summed E-state index contributed by atoms with van der Waals surface area (Å²) in [5.41, 5.74) is 0.859. The quantitative estimate of drug-likeness (QED) is 0.686. The maximum absolute atomic E-state index is 12.3. The van der Waals surface area contributed by atoms with Crippen molar-refractivity contribution in [2.45, 2.75) is 11.1 Å². The summed E-state index contributed by atoms with van der Waals surface area (Å²) in [6.07, 6.45) is -2.56. The summed E-state index contributed by atoms with van der Waals surface area (Å²) < 4.78 is 46.7.